The fraction of sp³-hybridized carbons (Fsp3) is 0.250. The summed E-state index contributed by atoms with van der Waals surface area (Å²) in [7, 11) is 1.58. The maximum atomic E-state index is 9.93. The summed E-state index contributed by atoms with van der Waals surface area (Å²) in [5, 5.41) is 9.93. The largest absolute Gasteiger partial charge is 0.504 e. The Kier molecular flexibility index (Phi) is 6.49. The third-order valence-corrected chi connectivity index (χ3v) is 6.38. The van der Waals surface area contributed by atoms with E-state index in [0.29, 0.717) is 11.7 Å². The van der Waals surface area contributed by atoms with Crippen LogP contribution in [0.15, 0.2) is 79.3 Å². The normalized spacial score (nSPS) is 16.3. The molecule has 3 heterocycles. The van der Waals surface area contributed by atoms with Gasteiger partial charge in [-0.15, -0.1) is 0 Å². The molecule has 4 aromatic rings. The van der Waals surface area contributed by atoms with Gasteiger partial charge in [-0.2, -0.15) is 0 Å². The molecule has 2 aromatic carbocycles. The molecule has 6 heteroatoms. The van der Waals surface area contributed by atoms with Crippen molar-refractivity contribution in [2.45, 2.75) is 25.3 Å². The van der Waals surface area contributed by atoms with E-state index in [1.165, 1.54) is 0 Å². The molecular formula is C28H28N4O2. The van der Waals surface area contributed by atoms with E-state index in [9.17, 15) is 5.11 Å². The number of phenolic OH excluding ortho intramolecular Hbond substituents is 1. The number of likely N-dealkylation sites (tertiary alicyclic amines) is 1. The van der Waals surface area contributed by atoms with Gasteiger partial charge in [0.2, 0.25) is 0 Å². The number of benzene rings is 2. The van der Waals surface area contributed by atoms with Gasteiger partial charge in [-0.05, 0) is 54.8 Å². The summed E-state index contributed by atoms with van der Waals surface area (Å²) in [6.07, 6.45) is 7.71. The highest BCUT2D eigenvalue weighted by Gasteiger charge is 2.26. The molecule has 1 saturated heterocycles. The van der Waals surface area contributed by atoms with Gasteiger partial charge in [0.1, 0.15) is 0 Å². The first-order valence-electron chi connectivity index (χ1n) is 11.6. The second-order valence-corrected chi connectivity index (χ2v) is 8.67. The molecule has 0 spiro atoms. The topological polar surface area (TPSA) is 71.4 Å². The zero-order valence-electron chi connectivity index (χ0n) is 19.3. The van der Waals surface area contributed by atoms with Crippen LogP contribution in [-0.4, -0.2) is 45.2 Å². The van der Waals surface area contributed by atoms with Crippen molar-refractivity contribution in [1.29, 1.82) is 0 Å². The van der Waals surface area contributed by atoms with Crippen LogP contribution in [0.1, 0.15) is 30.0 Å². The molecule has 2 aromatic heterocycles. The van der Waals surface area contributed by atoms with Crippen LogP contribution in [0.4, 0.5) is 0 Å². The number of phenols is 1. The standard InChI is InChI=1S/C28H28N4O2/c1-34-26-16-20(9-10-25(26)33)18-32-15-5-8-23(19-32)27-24(21-6-3-2-4-7-21)17-30-28(31-27)22-11-13-29-14-12-22/h2-4,6-7,9-14,16-17,23,33H,5,8,15,18-19H2,1H3. The average molecular weight is 453 g/mol. The van der Waals surface area contributed by atoms with E-state index < -0.39 is 0 Å². The summed E-state index contributed by atoms with van der Waals surface area (Å²) >= 11 is 0. The predicted octanol–water partition coefficient (Wildman–Crippen LogP) is 5.30. The van der Waals surface area contributed by atoms with Crippen molar-refractivity contribution in [3.63, 3.8) is 0 Å². The van der Waals surface area contributed by atoms with Crippen molar-refractivity contribution in [2.24, 2.45) is 0 Å². The van der Waals surface area contributed by atoms with Crippen molar-refractivity contribution in [2.75, 3.05) is 20.2 Å². The van der Waals surface area contributed by atoms with Crippen LogP contribution in [0.25, 0.3) is 22.5 Å². The summed E-state index contributed by atoms with van der Waals surface area (Å²) < 4.78 is 5.30. The van der Waals surface area contributed by atoms with Gasteiger partial charge in [0.15, 0.2) is 17.3 Å². The van der Waals surface area contributed by atoms with Crippen molar-refractivity contribution >= 4 is 0 Å². The number of rotatable bonds is 6. The molecule has 1 N–H and O–H groups in total. The SMILES string of the molecule is COc1cc(CN2CCCC(c3nc(-c4ccncc4)ncc3-c3ccccc3)C2)ccc1O. The molecule has 0 radical (unpaired) electrons. The van der Waals surface area contributed by atoms with E-state index in [1.54, 1.807) is 25.6 Å². The molecular weight excluding hydrogens is 424 g/mol. The second-order valence-electron chi connectivity index (χ2n) is 8.67. The maximum absolute atomic E-state index is 9.93. The Labute approximate surface area is 199 Å². The molecule has 1 aliphatic heterocycles. The van der Waals surface area contributed by atoms with E-state index in [4.69, 9.17) is 14.7 Å². The molecule has 1 aliphatic rings. The number of ether oxygens (including phenoxy) is 1. The second kappa shape index (κ2) is 10.0. The van der Waals surface area contributed by atoms with E-state index in [0.717, 1.165) is 66.2 Å². The molecule has 0 amide bonds. The summed E-state index contributed by atoms with van der Waals surface area (Å²) in [6, 6.07) is 19.9. The van der Waals surface area contributed by atoms with Gasteiger partial charge in [-0.25, -0.2) is 9.97 Å². The lowest BCUT2D eigenvalue weighted by atomic mass is 9.89. The minimum Gasteiger partial charge on any atom is -0.504 e. The number of pyridine rings is 1. The van der Waals surface area contributed by atoms with Crippen molar-refractivity contribution in [1.82, 2.24) is 19.9 Å². The lowest BCUT2D eigenvalue weighted by molar-refractivity contribution is 0.198. The predicted molar refractivity (Wildman–Crippen MR) is 133 cm³/mol. The molecule has 34 heavy (non-hydrogen) atoms. The molecule has 0 saturated carbocycles. The lowest BCUT2D eigenvalue weighted by Crippen LogP contribution is -2.34. The van der Waals surface area contributed by atoms with Crippen LogP contribution < -0.4 is 4.74 Å². The Balaban J connectivity index is 1.46. The highest BCUT2D eigenvalue weighted by atomic mass is 16.5. The minimum absolute atomic E-state index is 0.167. The van der Waals surface area contributed by atoms with Gasteiger partial charge in [-0.1, -0.05) is 36.4 Å². The summed E-state index contributed by atoms with van der Waals surface area (Å²) in [5.74, 6) is 1.71. The Bertz CT molecular complexity index is 1250. The van der Waals surface area contributed by atoms with Gasteiger partial charge < -0.3 is 9.84 Å². The summed E-state index contributed by atoms with van der Waals surface area (Å²) in [4.78, 5) is 16.4. The first kappa shape index (κ1) is 22.0. The lowest BCUT2D eigenvalue weighted by Gasteiger charge is -2.33. The first-order chi connectivity index (χ1) is 16.7. The monoisotopic (exact) mass is 452 g/mol. The number of hydrogen-bond acceptors (Lipinski definition) is 6. The van der Waals surface area contributed by atoms with Crippen LogP contribution in [0.3, 0.4) is 0 Å². The average Bonchev–Trinajstić information content (AvgIpc) is 2.90. The van der Waals surface area contributed by atoms with Gasteiger partial charge in [0.05, 0.1) is 12.8 Å². The number of hydrogen-bond donors (Lipinski definition) is 1. The smallest absolute Gasteiger partial charge is 0.160 e. The molecule has 6 nitrogen and oxygen atoms in total. The van der Waals surface area contributed by atoms with E-state index in [-0.39, 0.29) is 5.75 Å². The Morgan fingerprint density at radius 3 is 2.65 bits per heavy atom. The number of aromatic hydroxyl groups is 1. The van der Waals surface area contributed by atoms with E-state index in [2.05, 4.69) is 34.1 Å². The van der Waals surface area contributed by atoms with Crippen molar-refractivity contribution in [3.8, 4) is 34.0 Å². The highest BCUT2D eigenvalue weighted by Crippen LogP contribution is 2.35. The molecule has 172 valence electrons. The van der Waals surface area contributed by atoms with Gasteiger partial charge in [-0.3, -0.25) is 9.88 Å². The molecule has 1 atom stereocenters. The highest BCUT2D eigenvalue weighted by molar-refractivity contribution is 5.67. The molecule has 1 fully saturated rings. The zero-order chi connectivity index (χ0) is 23.3. The van der Waals surface area contributed by atoms with Crippen molar-refractivity contribution < 1.29 is 9.84 Å². The fourth-order valence-electron chi connectivity index (χ4n) is 4.69. The van der Waals surface area contributed by atoms with Crippen LogP contribution in [0, 0.1) is 0 Å². The van der Waals surface area contributed by atoms with Crippen LogP contribution in [-0.2, 0) is 6.54 Å². The summed E-state index contributed by atoms with van der Waals surface area (Å²) in [5.41, 5.74) is 5.43. The number of piperidine rings is 1. The van der Waals surface area contributed by atoms with Crippen LogP contribution >= 0.6 is 0 Å². The number of nitrogens with zero attached hydrogens (tertiary/aromatic N) is 4. The van der Waals surface area contributed by atoms with Crippen LogP contribution in [0.5, 0.6) is 11.5 Å². The number of methoxy groups -OCH3 is 1. The third kappa shape index (κ3) is 4.77. The van der Waals surface area contributed by atoms with Crippen molar-refractivity contribution in [3.05, 3.63) is 90.5 Å². The van der Waals surface area contributed by atoms with E-state index >= 15 is 0 Å². The zero-order valence-corrected chi connectivity index (χ0v) is 19.3. The Morgan fingerprint density at radius 2 is 1.85 bits per heavy atom. The molecule has 5 rings (SSSR count). The first-order valence-corrected chi connectivity index (χ1v) is 11.6. The van der Waals surface area contributed by atoms with Gasteiger partial charge >= 0.3 is 0 Å². The van der Waals surface area contributed by atoms with E-state index in [1.807, 2.05) is 36.5 Å². The maximum Gasteiger partial charge on any atom is 0.160 e. The fourth-order valence-corrected chi connectivity index (χ4v) is 4.69. The quantitative estimate of drug-likeness (QED) is 0.428. The molecule has 0 aliphatic carbocycles. The summed E-state index contributed by atoms with van der Waals surface area (Å²) in [6.45, 7) is 2.74. The molecule has 1 unspecified atom stereocenters. The van der Waals surface area contributed by atoms with Gasteiger partial charge in [0, 0.05) is 48.7 Å². The van der Waals surface area contributed by atoms with Crippen LogP contribution in [0.2, 0.25) is 0 Å². The Morgan fingerprint density at radius 1 is 1.03 bits per heavy atom. The Hall–Kier alpha value is -3.77. The molecule has 0 bridgehead atoms. The number of aromatic nitrogens is 3. The minimum atomic E-state index is 0.167. The van der Waals surface area contributed by atoms with Gasteiger partial charge in [0.25, 0.3) is 0 Å². The third-order valence-electron chi connectivity index (χ3n) is 6.38.